The van der Waals surface area contributed by atoms with Crippen LogP contribution in [0.4, 0.5) is 0 Å². The van der Waals surface area contributed by atoms with Gasteiger partial charge in [-0.1, -0.05) is 30.3 Å². The molecule has 0 heterocycles. The van der Waals surface area contributed by atoms with Crippen molar-refractivity contribution in [2.45, 2.75) is 19.6 Å². The molecule has 1 unspecified atom stereocenters. The lowest BCUT2D eigenvalue weighted by atomic mass is 10.2. The van der Waals surface area contributed by atoms with Crippen molar-refractivity contribution in [3.8, 4) is 5.75 Å². The molecule has 5 nitrogen and oxygen atoms in total. The average molecular weight is 299 g/mol. The topological polar surface area (TPSA) is 75.6 Å². The number of benzene rings is 2. The second kappa shape index (κ2) is 7.26. The summed E-state index contributed by atoms with van der Waals surface area (Å²) in [4.78, 5) is 22.7. The highest BCUT2D eigenvalue weighted by atomic mass is 16.5. The highest BCUT2D eigenvalue weighted by Crippen LogP contribution is 2.14. The minimum absolute atomic E-state index is 0.175. The molecule has 2 N–H and O–H groups in total. The first-order valence-electron chi connectivity index (χ1n) is 6.88. The zero-order valence-electron chi connectivity index (χ0n) is 12.2. The fraction of sp³-hybridized carbons (Fsp3) is 0.176. The Balaban J connectivity index is 1.86. The zero-order chi connectivity index (χ0) is 15.9. The van der Waals surface area contributed by atoms with Gasteiger partial charge in [-0.15, -0.1) is 0 Å². The normalized spacial score (nSPS) is 11.5. The number of nitrogens with one attached hydrogen (secondary N) is 1. The number of carboxylic acids is 1. The summed E-state index contributed by atoms with van der Waals surface area (Å²) in [7, 11) is 0. The summed E-state index contributed by atoms with van der Waals surface area (Å²) >= 11 is 0. The second-order valence-corrected chi connectivity index (χ2v) is 4.79. The van der Waals surface area contributed by atoms with Crippen LogP contribution in [-0.2, 0) is 11.3 Å². The fourth-order valence-corrected chi connectivity index (χ4v) is 1.86. The molecule has 0 saturated carbocycles. The Bertz CT molecular complexity index is 637. The van der Waals surface area contributed by atoms with Crippen molar-refractivity contribution < 1.29 is 19.4 Å². The minimum atomic E-state index is -1.000. The smallest absolute Gasteiger partial charge is 0.335 e. The molecule has 0 aliphatic carbocycles. The van der Waals surface area contributed by atoms with Gasteiger partial charge >= 0.3 is 5.97 Å². The van der Waals surface area contributed by atoms with Gasteiger partial charge in [-0.25, -0.2) is 4.79 Å². The van der Waals surface area contributed by atoms with Crippen molar-refractivity contribution in [1.82, 2.24) is 5.32 Å². The summed E-state index contributed by atoms with van der Waals surface area (Å²) in [5.74, 6) is -0.779. The van der Waals surface area contributed by atoms with Crippen LogP contribution in [0.1, 0.15) is 22.8 Å². The fourth-order valence-electron chi connectivity index (χ4n) is 1.86. The van der Waals surface area contributed by atoms with Crippen LogP contribution < -0.4 is 10.1 Å². The lowest BCUT2D eigenvalue weighted by Crippen LogP contribution is -2.35. The number of aromatic carboxylic acids is 1. The van der Waals surface area contributed by atoms with Gasteiger partial charge in [-0.3, -0.25) is 4.79 Å². The van der Waals surface area contributed by atoms with Gasteiger partial charge in [-0.2, -0.15) is 0 Å². The van der Waals surface area contributed by atoms with Crippen LogP contribution in [0.15, 0.2) is 54.6 Å². The summed E-state index contributed by atoms with van der Waals surface area (Å²) in [6.45, 7) is 2.08. The maximum Gasteiger partial charge on any atom is 0.335 e. The first kappa shape index (κ1) is 15.6. The van der Waals surface area contributed by atoms with Gasteiger partial charge in [0, 0.05) is 6.54 Å². The van der Waals surface area contributed by atoms with Gasteiger partial charge in [0.25, 0.3) is 5.91 Å². The van der Waals surface area contributed by atoms with Crippen LogP contribution in [-0.4, -0.2) is 23.1 Å². The van der Waals surface area contributed by atoms with Gasteiger partial charge in [0.2, 0.25) is 0 Å². The maximum atomic E-state index is 12.0. The Morgan fingerprint density at radius 1 is 1.09 bits per heavy atom. The van der Waals surface area contributed by atoms with Crippen LogP contribution in [0.3, 0.4) is 0 Å². The summed E-state index contributed by atoms with van der Waals surface area (Å²) in [6, 6.07) is 15.5. The Kier molecular flexibility index (Phi) is 5.14. The molecule has 0 bridgehead atoms. The number of ether oxygens (including phenoxy) is 1. The molecule has 5 heteroatoms. The molecule has 22 heavy (non-hydrogen) atoms. The van der Waals surface area contributed by atoms with E-state index >= 15 is 0 Å². The Morgan fingerprint density at radius 2 is 1.73 bits per heavy atom. The molecule has 0 radical (unpaired) electrons. The summed E-state index contributed by atoms with van der Waals surface area (Å²) < 4.78 is 5.49. The average Bonchev–Trinajstić information content (AvgIpc) is 2.54. The van der Waals surface area contributed by atoms with E-state index < -0.39 is 12.1 Å². The molecule has 0 spiro atoms. The summed E-state index contributed by atoms with van der Waals surface area (Å²) in [6.07, 6.45) is -0.667. The number of amides is 1. The standard InChI is InChI=1S/C17H17NO4/c1-12(16(19)18-11-13-5-3-2-4-6-13)22-15-9-7-14(8-10-15)17(20)21/h2-10,12H,11H2,1H3,(H,18,19)(H,20,21). The van der Waals surface area contributed by atoms with Crippen LogP contribution in [0, 0.1) is 0 Å². The SMILES string of the molecule is CC(Oc1ccc(C(=O)O)cc1)C(=O)NCc1ccccc1. The molecule has 1 atom stereocenters. The van der Waals surface area contributed by atoms with Crippen LogP contribution in [0.2, 0.25) is 0 Å². The van der Waals surface area contributed by atoms with Gasteiger partial charge < -0.3 is 15.2 Å². The van der Waals surface area contributed by atoms with E-state index in [1.807, 2.05) is 30.3 Å². The molecule has 2 rings (SSSR count). The summed E-state index contributed by atoms with van der Waals surface area (Å²) in [5.41, 5.74) is 1.18. The number of carboxylic acid groups (broad SMARTS) is 1. The molecular weight excluding hydrogens is 282 g/mol. The van der Waals surface area contributed by atoms with Crippen molar-refractivity contribution in [3.05, 3.63) is 65.7 Å². The molecule has 0 saturated heterocycles. The lowest BCUT2D eigenvalue weighted by Gasteiger charge is -2.15. The third kappa shape index (κ3) is 4.34. The van der Waals surface area contributed by atoms with Crippen molar-refractivity contribution >= 4 is 11.9 Å². The van der Waals surface area contributed by atoms with Gasteiger partial charge in [0.1, 0.15) is 5.75 Å². The molecule has 114 valence electrons. The van der Waals surface area contributed by atoms with Crippen molar-refractivity contribution in [3.63, 3.8) is 0 Å². The molecule has 0 aliphatic heterocycles. The predicted octanol–water partition coefficient (Wildman–Crippen LogP) is 2.47. The van der Waals surface area contributed by atoms with E-state index in [0.29, 0.717) is 12.3 Å². The third-order valence-electron chi connectivity index (χ3n) is 3.09. The largest absolute Gasteiger partial charge is 0.481 e. The minimum Gasteiger partial charge on any atom is -0.481 e. The number of hydrogen-bond acceptors (Lipinski definition) is 3. The quantitative estimate of drug-likeness (QED) is 0.859. The number of rotatable bonds is 6. The van der Waals surface area contributed by atoms with E-state index in [1.165, 1.54) is 24.3 Å². The van der Waals surface area contributed by atoms with E-state index in [1.54, 1.807) is 6.92 Å². The first-order valence-corrected chi connectivity index (χ1v) is 6.88. The number of hydrogen-bond donors (Lipinski definition) is 2. The van der Waals surface area contributed by atoms with Gasteiger partial charge in [0.15, 0.2) is 6.10 Å². The second-order valence-electron chi connectivity index (χ2n) is 4.79. The van der Waals surface area contributed by atoms with Crippen molar-refractivity contribution in [2.24, 2.45) is 0 Å². The highest BCUT2D eigenvalue weighted by molar-refractivity contribution is 5.87. The van der Waals surface area contributed by atoms with E-state index in [4.69, 9.17) is 9.84 Å². The number of carbonyl (C=O) groups excluding carboxylic acids is 1. The van der Waals surface area contributed by atoms with E-state index in [-0.39, 0.29) is 11.5 Å². The van der Waals surface area contributed by atoms with Gasteiger partial charge in [-0.05, 0) is 36.8 Å². The monoisotopic (exact) mass is 299 g/mol. The first-order chi connectivity index (χ1) is 10.6. The van der Waals surface area contributed by atoms with Crippen LogP contribution in [0.5, 0.6) is 5.75 Å². The molecule has 0 aromatic heterocycles. The Morgan fingerprint density at radius 3 is 2.32 bits per heavy atom. The summed E-state index contributed by atoms with van der Waals surface area (Å²) in [5, 5.41) is 11.6. The molecule has 2 aromatic rings. The lowest BCUT2D eigenvalue weighted by molar-refractivity contribution is -0.127. The predicted molar refractivity (Wildman–Crippen MR) is 81.8 cm³/mol. The zero-order valence-corrected chi connectivity index (χ0v) is 12.2. The Labute approximate surface area is 128 Å². The molecule has 2 aromatic carbocycles. The highest BCUT2D eigenvalue weighted by Gasteiger charge is 2.14. The van der Waals surface area contributed by atoms with Crippen molar-refractivity contribution in [1.29, 1.82) is 0 Å². The van der Waals surface area contributed by atoms with Crippen LogP contribution >= 0.6 is 0 Å². The molecule has 1 amide bonds. The van der Waals surface area contributed by atoms with E-state index in [0.717, 1.165) is 5.56 Å². The van der Waals surface area contributed by atoms with E-state index in [2.05, 4.69) is 5.32 Å². The van der Waals surface area contributed by atoms with Gasteiger partial charge in [0.05, 0.1) is 5.56 Å². The maximum absolute atomic E-state index is 12.0. The van der Waals surface area contributed by atoms with E-state index in [9.17, 15) is 9.59 Å². The van der Waals surface area contributed by atoms with Crippen molar-refractivity contribution in [2.75, 3.05) is 0 Å². The molecular formula is C17H17NO4. The molecule has 0 aliphatic rings. The Hall–Kier alpha value is -2.82. The molecule has 0 fully saturated rings. The van der Waals surface area contributed by atoms with Crippen LogP contribution in [0.25, 0.3) is 0 Å². The third-order valence-corrected chi connectivity index (χ3v) is 3.09. The number of carbonyl (C=O) groups is 2.